The number of benzene rings is 2. The summed E-state index contributed by atoms with van der Waals surface area (Å²) in [5, 5.41) is 0. The normalized spacial score (nSPS) is 18.5. The van der Waals surface area contributed by atoms with Crippen LogP contribution in [0.3, 0.4) is 0 Å². The van der Waals surface area contributed by atoms with E-state index in [0.29, 0.717) is 36.6 Å². The van der Waals surface area contributed by atoms with Crippen molar-refractivity contribution in [3.63, 3.8) is 0 Å². The Morgan fingerprint density at radius 3 is 2.48 bits per heavy atom. The lowest BCUT2D eigenvalue weighted by atomic mass is 10.0. The number of carbonyl (C=O) groups is 1. The number of carbonyl (C=O) groups excluding carboxylic acids is 1. The van der Waals surface area contributed by atoms with Gasteiger partial charge in [-0.1, -0.05) is 6.07 Å². The predicted molar refractivity (Wildman–Crippen MR) is 117 cm³/mol. The van der Waals surface area contributed by atoms with E-state index in [1.54, 1.807) is 13.0 Å². The molecule has 4 rings (SSSR count). The number of fused-ring (bicyclic) bond motifs is 1. The van der Waals surface area contributed by atoms with Gasteiger partial charge in [-0.25, -0.2) is 12.7 Å². The molecule has 8 heteroatoms. The van der Waals surface area contributed by atoms with E-state index in [4.69, 9.17) is 9.47 Å². The average Bonchev–Trinajstić information content (AvgIpc) is 3.24. The molecule has 0 N–H and O–H groups in total. The van der Waals surface area contributed by atoms with E-state index in [0.717, 1.165) is 29.7 Å². The highest BCUT2D eigenvalue weighted by Gasteiger charge is 2.33. The lowest BCUT2D eigenvalue weighted by Crippen LogP contribution is -2.31. The predicted octanol–water partition coefficient (Wildman–Crippen LogP) is 3.30. The number of hydrogen-bond donors (Lipinski definition) is 0. The first kappa shape index (κ1) is 21.6. The summed E-state index contributed by atoms with van der Waals surface area (Å²) in [7, 11) is -0.659. The SMILES string of the molecule is Cc1cc(C(=O)N2CCC[C@@H]2c2ccc3c(c2)OCCO3)cc(S(=O)(=O)N(C)C)c1C. The molecular formula is C23H28N2O5S. The number of aryl methyl sites for hydroxylation is 1. The zero-order valence-corrected chi connectivity index (χ0v) is 19.2. The summed E-state index contributed by atoms with van der Waals surface area (Å²) in [6, 6.07) is 9.03. The third-order valence-corrected chi connectivity index (χ3v) is 8.03. The molecule has 0 unspecified atom stereocenters. The second-order valence-electron chi connectivity index (χ2n) is 8.26. The fourth-order valence-electron chi connectivity index (χ4n) is 4.20. The Labute approximate surface area is 183 Å². The van der Waals surface area contributed by atoms with Gasteiger partial charge in [0.1, 0.15) is 13.2 Å². The van der Waals surface area contributed by atoms with Crippen molar-refractivity contribution >= 4 is 15.9 Å². The second kappa shape index (κ2) is 8.16. The van der Waals surface area contributed by atoms with Gasteiger partial charge in [0.05, 0.1) is 10.9 Å². The Bertz CT molecular complexity index is 1130. The third kappa shape index (κ3) is 3.90. The zero-order valence-electron chi connectivity index (χ0n) is 18.3. The molecule has 2 aliphatic rings. The van der Waals surface area contributed by atoms with Crippen molar-refractivity contribution in [2.75, 3.05) is 33.9 Å². The first-order valence-electron chi connectivity index (χ1n) is 10.4. The average molecular weight is 445 g/mol. The first-order chi connectivity index (χ1) is 14.7. The van der Waals surface area contributed by atoms with Crippen LogP contribution in [0.4, 0.5) is 0 Å². The summed E-state index contributed by atoms with van der Waals surface area (Å²) >= 11 is 0. The molecule has 1 amide bonds. The molecule has 0 saturated carbocycles. The van der Waals surface area contributed by atoms with Gasteiger partial charge in [-0.05, 0) is 67.6 Å². The van der Waals surface area contributed by atoms with Gasteiger partial charge in [0.15, 0.2) is 11.5 Å². The Kier molecular flexibility index (Phi) is 5.70. The van der Waals surface area contributed by atoms with Gasteiger partial charge in [0, 0.05) is 26.2 Å². The maximum Gasteiger partial charge on any atom is 0.254 e. The smallest absolute Gasteiger partial charge is 0.254 e. The van der Waals surface area contributed by atoms with Crippen molar-refractivity contribution in [2.24, 2.45) is 0 Å². The van der Waals surface area contributed by atoms with Crippen molar-refractivity contribution in [2.45, 2.75) is 37.6 Å². The summed E-state index contributed by atoms with van der Waals surface area (Å²) in [6.45, 7) is 5.28. The monoisotopic (exact) mass is 444 g/mol. The number of sulfonamides is 1. The molecule has 2 heterocycles. The van der Waals surface area contributed by atoms with Crippen LogP contribution in [0.2, 0.25) is 0 Å². The lowest BCUT2D eigenvalue weighted by molar-refractivity contribution is 0.0734. The Morgan fingerprint density at radius 1 is 1.06 bits per heavy atom. The molecule has 31 heavy (non-hydrogen) atoms. The molecule has 2 aliphatic heterocycles. The van der Waals surface area contributed by atoms with E-state index in [-0.39, 0.29) is 16.8 Å². The third-order valence-electron chi connectivity index (χ3n) is 6.09. The number of nitrogens with zero attached hydrogens (tertiary/aromatic N) is 2. The van der Waals surface area contributed by atoms with E-state index in [1.807, 2.05) is 30.0 Å². The number of likely N-dealkylation sites (tertiary alicyclic amines) is 1. The van der Waals surface area contributed by atoms with Crippen molar-refractivity contribution < 1.29 is 22.7 Å². The highest BCUT2D eigenvalue weighted by Crippen LogP contribution is 2.39. The van der Waals surface area contributed by atoms with Gasteiger partial charge in [-0.3, -0.25) is 4.79 Å². The Morgan fingerprint density at radius 2 is 1.77 bits per heavy atom. The molecule has 0 aromatic heterocycles. The Hall–Kier alpha value is -2.58. The molecular weight excluding hydrogens is 416 g/mol. The van der Waals surface area contributed by atoms with Gasteiger partial charge in [-0.2, -0.15) is 0 Å². The van der Waals surface area contributed by atoms with Gasteiger partial charge in [0.25, 0.3) is 5.91 Å². The van der Waals surface area contributed by atoms with Crippen LogP contribution in [0.15, 0.2) is 35.2 Å². The summed E-state index contributed by atoms with van der Waals surface area (Å²) in [6.07, 6.45) is 1.73. The van der Waals surface area contributed by atoms with Crippen LogP contribution in [-0.2, 0) is 10.0 Å². The highest BCUT2D eigenvalue weighted by atomic mass is 32.2. The molecule has 1 atom stereocenters. The summed E-state index contributed by atoms with van der Waals surface area (Å²) in [5.41, 5.74) is 2.84. The van der Waals surface area contributed by atoms with Gasteiger partial charge in [-0.15, -0.1) is 0 Å². The van der Waals surface area contributed by atoms with Crippen molar-refractivity contribution in [3.05, 3.63) is 52.6 Å². The van der Waals surface area contributed by atoms with Gasteiger partial charge < -0.3 is 14.4 Å². The van der Waals surface area contributed by atoms with Crippen LogP contribution in [0.1, 0.15) is 45.9 Å². The first-order valence-corrected chi connectivity index (χ1v) is 11.9. The van der Waals surface area contributed by atoms with E-state index in [2.05, 4.69) is 0 Å². The molecule has 0 radical (unpaired) electrons. The number of hydrogen-bond acceptors (Lipinski definition) is 5. The Balaban J connectivity index is 1.68. The van der Waals surface area contributed by atoms with Crippen LogP contribution in [-0.4, -0.2) is 57.4 Å². The van der Waals surface area contributed by atoms with Gasteiger partial charge in [0.2, 0.25) is 10.0 Å². The van der Waals surface area contributed by atoms with Crippen LogP contribution in [0, 0.1) is 13.8 Å². The molecule has 166 valence electrons. The molecule has 0 bridgehead atoms. The fraction of sp³-hybridized carbons (Fsp3) is 0.435. The number of amides is 1. The topological polar surface area (TPSA) is 76.1 Å². The van der Waals surface area contributed by atoms with Crippen LogP contribution in [0.25, 0.3) is 0 Å². The molecule has 1 saturated heterocycles. The van der Waals surface area contributed by atoms with Crippen LogP contribution >= 0.6 is 0 Å². The molecule has 1 fully saturated rings. The van der Waals surface area contributed by atoms with Gasteiger partial charge >= 0.3 is 0 Å². The fourth-order valence-corrected chi connectivity index (χ4v) is 5.42. The second-order valence-corrected chi connectivity index (χ2v) is 10.4. The summed E-state index contributed by atoms with van der Waals surface area (Å²) in [5.74, 6) is 1.27. The van der Waals surface area contributed by atoms with Crippen molar-refractivity contribution in [1.82, 2.24) is 9.21 Å². The number of ether oxygens (including phenoxy) is 2. The van der Waals surface area contributed by atoms with E-state index >= 15 is 0 Å². The quantitative estimate of drug-likeness (QED) is 0.723. The molecule has 7 nitrogen and oxygen atoms in total. The zero-order chi connectivity index (χ0) is 22.3. The standard InChI is InChI=1S/C23H28N2O5S/c1-15-12-18(14-22(16(15)2)31(27,28)24(3)4)23(26)25-9-5-6-19(25)17-7-8-20-21(13-17)30-11-10-29-20/h7-8,12-14,19H,5-6,9-11H2,1-4H3/t19-/m1/s1. The lowest BCUT2D eigenvalue weighted by Gasteiger charge is -2.27. The maximum absolute atomic E-state index is 13.5. The van der Waals surface area contributed by atoms with E-state index in [1.165, 1.54) is 24.5 Å². The summed E-state index contributed by atoms with van der Waals surface area (Å²) < 4.78 is 38.1. The van der Waals surface area contributed by atoms with Crippen LogP contribution < -0.4 is 9.47 Å². The molecule has 2 aromatic rings. The number of rotatable bonds is 4. The van der Waals surface area contributed by atoms with E-state index in [9.17, 15) is 13.2 Å². The van der Waals surface area contributed by atoms with Crippen molar-refractivity contribution in [1.29, 1.82) is 0 Å². The summed E-state index contributed by atoms with van der Waals surface area (Å²) in [4.78, 5) is 15.5. The largest absolute Gasteiger partial charge is 0.486 e. The van der Waals surface area contributed by atoms with Crippen LogP contribution in [0.5, 0.6) is 11.5 Å². The minimum atomic E-state index is -3.65. The van der Waals surface area contributed by atoms with E-state index < -0.39 is 10.0 Å². The minimum absolute atomic E-state index is 0.0844. The minimum Gasteiger partial charge on any atom is -0.486 e. The molecule has 0 aliphatic carbocycles. The maximum atomic E-state index is 13.5. The highest BCUT2D eigenvalue weighted by molar-refractivity contribution is 7.89. The van der Waals surface area contributed by atoms with Crippen molar-refractivity contribution in [3.8, 4) is 11.5 Å². The molecule has 0 spiro atoms. The molecule has 2 aromatic carbocycles.